The Kier molecular flexibility index (Phi) is 4.12. The van der Waals surface area contributed by atoms with Gasteiger partial charge in [0.15, 0.2) is 0 Å². The van der Waals surface area contributed by atoms with Crippen molar-refractivity contribution < 1.29 is 18.0 Å². The molecule has 0 radical (unpaired) electrons. The smallest absolute Gasteiger partial charge is 0.339 e. The molecule has 0 aliphatic carbocycles. The van der Waals surface area contributed by atoms with Gasteiger partial charge < -0.3 is 10.2 Å². The van der Waals surface area contributed by atoms with Gasteiger partial charge >= 0.3 is 6.18 Å². The van der Waals surface area contributed by atoms with Crippen molar-refractivity contribution in [2.45, 2.75) is 19.0 Å². The van der Waals surface area contributed by atoms with Gasteiger partial charge in [0.2, 0.25) is 0 Å². The molecule has 22 heavy (non-hydrogen) atoms. The summed E-state index contributed by atoms with van der Waals surface area (Å²) in [7, 11) is 0. The first-order valence-electron chi connectivity index (χ1n) is 7.62. The van der Waals surface area contributed by atoms with E-state index in [0.717, 1.165) is 38.1 Å². The first-order valence-corrected chi connectivity index (χ1v) is 7.62. The van der Waals surface area contributed by atoms with Crippen LogP contribution < -0.4 is 5.32 Å². The molecule has 2 atom stereocenters. The van der Waals surface area contributed by atoms with E-state index in [-0.39, 0.29) is 5.91 Å². The molecule has 3 rings (SSSR count). The number of rotatable bonds is 1. The largest absolute Gasteiger partial charge is 0.416 e. The normalized spacial score (nSPS) is 25.7. The summed E-state index contributed by atoms with van der Waals surface area (Å²) in [4.78, 5) is 14.2. The van der Waals surface area contributed by atoms with Gasteiger partial charge in [-0.1, -0.05) is 0 Å². The minimum absolute atomic E-state index is 0.165. The second-order valence-corrected chi connectivity index (χ2v) is 6.12. The molecule has 6 heteroatoms. The average Bonchev–Trinajstić information content (AvgIpc) is 2.85. The molecule has 2 aliphatic heterocycles. The maximum Gasteiger partial charge on any atom is 0.416 e. The number of benzene rings is 1. The third-order valence-corrected chi connectivity index (χ3v) is 4.77. The number of halogens is 3. The summed E-state index contributed by atoms with van der Waals surface area (Å²) in [5, 5.41) is 3.38. The van der Waals surface area contributed by atoms with E-state index in [0.29, 0.717) is 30.5 Å². The predicted molar refractivity (Wildman–Crippen MR) is 76.4 cm³/mol. The van der Waals surface area contributed by atoms with Crippen LogP contribution >= 0.6 is 0 Å². The topological polar surface area (TPSA) is 32.3 Å². The second-order valence-electron chi connectivity index (χ2n) is 6.12. The summed E-state index contributed by atoms with van der Waals surface area (Å²) in [6.07, 6.45) is -2.44. The van der Waals surface area contributed by atoms with Gasteiger partial charge in [0.05, 0.1) is 5.56 Å². The molecule has 1 aromatic carbocycles. The van der Waals surface area contributed by atoms with Gasteiger partial charge in [0.25, 0.3) is 5.91 Å². The number of fused-ring (bicyclic) bond motifs is 1. The lowest BCUT2D eigenvalue weighted by Crippen LogP contribution is -2.32. The lowest BCUT2D eigenvalue weighted by Gasteiger charge is -2.21. The van der Waals surface area contributed by atoms with E-state index in [4.69, 9.17) is 0 Å². The first kappa shape index (κ1) is 15.3. The van der Waals surface area contributed by atoms with E-state index in [1.54, 1.807) is 4.90 Å². The van der Waals surface area contributed by atoms with Crippen LogP contribution in [0.1, 0.15) is 28.8 Å². The van der Waals surface area contributed by atoms with Crippen LogP contribution in [0.5, 0.6) is 0 Å². The summed E-state index contributed by atoms with van der Waals surface area (Å²) in [5.74, 6) is 1.07. The molecule has 3 nitrogen and oxygen atoms in total. The van der Waals surface area contributed by atoms with Crippen LogP contribution in [0.4, 0.5) is 13.2 Å². The minimum atomic E-state index is -4.37. The number of likely N-dealkylation sites (tertiary alicyclic amines) is 1. The molecule has 0 unspecified atom stereocenters. The fourth-order valence-electron chi connectivity index (χ4n) is 3.41. The molecule has 120 valence electrons. The third kappa shape index (κ3) is 3.11. The number of carbonyl (C=O) groups excluding carboxylic acids is 1. The lowest BCUT2D eigenvalue weighted by molar-refractivity contribution is -0.137. The highest BCUT2D eigenvalue weighted by molar-refractivity contribution is 5.94. The van der Waals surface area contributed by atoms with E-state index in [1.807, 2.05) is 0 Å². The average molecular weight is 312 g/mol. The van der Waals surface area contributed by atoms with Crippen molar-refractivity contribution in [1.29, 1.82) is 0 Å². The minimum Gasteiger partial charge on any atom is -0.339 e. The summed E-state index contributed by atoms with van der Waals surface area (Å²) in [6.45, 7) is 3.38. The fourth-order valence-corrected chi connectivity index (χ4v) is 3.41. The molecule has 2 heterocycles. The highest BCUT2D eigenvalue weighted by Gasteiger charge is 2.33. The molecule has 0 spiro atoms. The van der Waals surface area contributed by atoms with E-state index in [9.17, 15) is 18.0 Å². The van der Waals surface area contributed by atoms with Crippen molar-refractivity contribution in [3.05, 3.63) is 35.4 Å². The molecule has 0 saturated carbocycles. The predicted octanol–water partition coefficient (Wildman–Crippen LogP) is 2.78. The molecule has 2 aliphatic rings. The summed E-state index contributed by atoms with van der Waals surface area (Å²) >= 11 is 0. The number of amides is 1. The number of hydrogen-bond acceptors (Lipinski definition) is 2. The molecule has 1 N–H and O–H groups in total. The molecule has 0 bridgehead atoms. The van der Waals surface area contributed by atoms with Crippen LogP contribution in [-0.4, -0.2) is 37.0 Å². The maximum absolute atomic E-state index is 12.6. The van der Waals surface area contributed by atoms with Gasteiger partial charge in [-0.15, -0.1) is 0 Å². The summed E-state index contributed by atoms with van der Waals surface area (Å²) in [6, 6.07) is 4.50. The highest BCUT2D eigenvalue weighted by atomic mass is 19.4. The Labute approximate surface area is 127 Å². The van der Waals surface area contributed by atoms with E-state index >= 15 is 0 Å². The molecule has 2 saturated heterocycles. The van der Waals surface area contributed by atoms with Gasteiger partial charge in [-0.2, -0.15) is 13.2 Å². The molecular weight excluding hydrogens is 293 g/mol. The number of nitrogens with one attached hydrogen (secondary N) is 1. The Morgan fingerprint density at radius 2 is 1.59 bits per heavy atom. The van der Waals surface area contributed by atoms with Crippen molar-refractivity contribution in [2.24, 2.45) is 11.8 Å². The third-order valence-electron chi connectivity index (χ3n) is 4.77. The van der Waals surface area contributed by atoms with E-state index in [2.05, 4.69) is 5.32 Å². The Balaban J connectivity index is 1.68. The number of hydrogen-bond donors (Lipinski definition) is 1. The fraction of sp³-hybridized carbons (Fsp3) is 0.562. The van der Waals surface area contributed by atoms with Crippen LogP contribution in [0.25, 0.3) is 0 Å². The summed E-state index contributed by atoms with van der Waals surface area (Å²) < 4.78 is 37.7. The number of alkyl halides is 3. The SMILES string of the molecule is O=C(c1ccc(C(F)(F)F)cc1)N1CC[C@@H]2CNC[C@@H]2CC1. The first-order chi connectivity index (χ1) is 10.4. The number of carbonyl (C=O) groups is 1. The maximum atomic E-state index is 12.6. The van der Waals surface area contributed by atoms with Gasteiger partial charge in [0.1, 0.15) is 0 Å². The molecule has 0 aromatic heterocycles. The Bertz CT molecular complexity index is 527. The lowest BCUT2D eigenvalue weighted by atomic mass is 9.92. The molecule has 2 fully saturated rings. The highest BCUT2D eigenvalue weighted by Crippen LogP contribution is 2.30. The van der Waals surface area contributed by atoms with E-state index in [1.165, 1.54) is 12.1 Å². The van der Waals surface area contributed by atoms with Gasteiger partial charge in [0, 0.05) is 18.7 Å². The van der Waals surface area contributed by atoms with Crippen LogP contribution in [0.15, 0.2) is 24.3 Å². The van der Waals surface area contributed by atoms with E-state index < -0.39 is 11.7 Å². The van der Waals surface area contributed by atoms with Crippen LogP contribution in [0.2, 0.25) is 0 Å². The van der Waals surface area contributed by atoms with Crippen molar-refractivity contribution in [2.75, 3.05) is 26.2 Å². The van der Waals surface area contributed by atoms with Crippen molar-refractivity contribution in [1.82, 2.24) is 10.2 Å². The Morgan fingerprint density at radius 3 is 2.09 bits per heavy atom. The number of nitrogens with zero attached hydrogens (tertiary/aromatic N) is 1. The van der Waals surface area contributed by atoms with Gasteiger partial charge in [-0.25, -0.2) is 0 Å². The van der Waals surface area contributed by atoms with Crippen molar-refractivity contribution >= 4 is 5.91 Å². The monoisotopic (exact) mass is 312 g/mol. The van der Waals surface area contributed by atoms with Crippen LogP contribution in [0, 0.1) is 11.8 Å². The zero-order chi connectivity index (χ0) is 15.7. The summed E-state index contributed by atoms with van der Waals surface area (Å²) in [5.41, 5.74) is -0.390. The zero-order valence-electron chi connectivity index (χ0n) is 12.2. The quantitative estimate of drug-likeness (QED) is 0.865. The Hall–Kier alpha value is -1.56. The van der Waals surface area contributed by atoms with Gasteiger partial charge in [-0.05, 0) is 62.0 Å². The van der Waals surface area contributed by atoms with Gasteiger partial charge in [-0.3, -0.25) is 4.79 Å². The van der Waals surface area contributed by atoms with Crippen LogP contribution in [0.3, 0.4) is 0 Å². The van der Waals surface area contributed by atoms with Crippen molar-refractivity contribution in [3.8, 4) is 0 Å². The molecular formula is C16H19F3N2O. The standard InChI is InChI=1S/C16H19F3N2O/c17-16(18,19)14-3-1-11(2-4-14)15(22)21-7-5-12-9-20-10-13(12)6-8-21/h1-4,12-13,20H,5-10H2/t12-,13+. The Morgan fingerprint density at radius 1 is 1.05 bits per heavy atom. The zero-order valence-corrected chi connectivity index (χ0v) is 12.2. The molecule has 1 aromatic rings. The molecule has 1 amide bonds. The van der Waals surface area contributed by atoms with Crippen LogP contribution in [-0.2, 0) is 6.18 Å². The second kappa shape index (κ2) is 5.91. The van der Waals surface area contributed by atoms with Crippen molar-refractivity contribution in [3.63, 3.8) is 0 Å².